The van der Waals surface area contributed by atoms with Crippen LogP contribution in [0.2, 0.25) is 5.15 Å². The molecular weight excluding hydrogens is 409 g/mol. The van der Waals surface area contributed by atoms with E-state index in [-0.39, 0.29) is 5.82 Å². The SMILES string of the molecule is Fc1ccc(SNC2=CCC(CN3CCN(c4nccc(Cl)n4)CC3)C=C2)cc1. The highest BCUT2D eigenvalue weighted by Crippen LogP contribution is 2.22. The summed E-state index contributed by atoms with van der Waals surface area (Å²) < 4.78 is 16.3. The first-order chi connectivity index (χ1) is 14.2. The third-order valence-electron chi connectivity index (χ3n) is 5.05. The van der Waals surface area contributed by atoms with Gasteiger partial charge in [0, 0.05) is 49.5 Å². The average Bonchev–Trinajstić information content (AvgIpc) is 2.75. The predicted molar refractivity (Wildman–Crippen MR) is 116 cm³/mol. The van der Waals surface area contributed by atoms with E-state index >= 15 is 0 Å². The molecule has 1 aromatic heterocycles. The summed E-state index contributed by atoms with van der Waals surface area (Å²) in [5.41, 5.74) is 1.10. The molecule has 1 unspecified atom stereocenters. The summed E-state index contributed by atoms with van der Waals surface area (Å²) in [6.07, 6.45) is 9.37. The van der Waals surface area contributed by atoms with Gasteiger partial charge in [-0.05, 0) is 60.7 Å². The molecule has 152 valence electrons. The highest BCUT2D eigenvalue weighted by atomic mass is 35.5. The Hall–Kier alpha value is -2.09. The minimum Gasteiger partial charge on any atom is -0.338 e. The zero-order chi connectivity index (χ0) is 20.1. The van der Waals surface area contributed by atoms with Crippen molar-refractivity contribution in [3.63, 3.8) is 0 Å². The zero-order valence-electron chi connectivity index (χ0n) is 16.0. The largest absolute Gasteiger partial charge is 0.338 e. The van der Waals surface area contributed by atoms with E-state index in [0.29, 0.717) is 17.0 Å². The second-order valence-corrected chi connectivity index (χ2v) is 8.41. The molecule has 4 rings (SSSR count). The van der Waals surface area contributed by atoms with Gasteiger partial charge in [-0.3, -0.25) is 4.90 Å². The Kier molecular flexibility index (Phi) is 6.69. The zero-order valence-corrected chi connectivity index (χ0v) is 17.5. The number of hydrogen-bond donors (Lipinski definition) is 1. The van der Waals surface area contributed by atoms with E-state index in [9.17, 15) is 4.39 Å². The molecule has 0 saturated carbocycles. The van der Waals surface area contributed by atoms with Crippen LogP contribution in [0.4, 0.5) is 10.3 Å². The van der Waals surface area contributed by atoms with Crippen LogP contribution in [0.15, 0.2) is 65.3 Å². The molecule has 1 aliphatic carbocycles. The summed E-state index contributed by atoms with van der Waals surface area (Å²) >= 11 is 7.47. The van der Waals surface area contributed by atoms with Crippen LogP contribution in [-0.4, -0.2) is 47.6 Å². The van der Waals surface area contributed by atoms with Gasteiger partial charge < -0.3 is 9.62 Å². The van der Waals surface area contributed by atoms with E-state index in [2.05, 4.69) is 42.7 Å². The van der Waals surface area contributed by atoms with Crippen LogP contribution in [-0.2, 0) is 0 Å². The third-order valence-corrected chi connectivity index (χ3v) is 6.10. The van der Waals surface area contributed by atoms with Crippen LogP contribution in [0.3, 0.4) is 0 Å². The molecule has 1 N–H and O–H groups in total. The van der Waals surface area contributed by atoms with Gasteiger partial charge in [0.15, 0.2) is 0 Å². The van der Waals surface area contributed by atoms with E-state index in [1.54, 1.807) is 24.4 Å². The smallest absolute Gasteiger partial charge is 0.226 e. The lowest BCUT2D eigenvalue weighted by Gasteiger charge is -2.36. The maximum Gasteiger partial charge on any atom is 0.226 e. The van der Waals surface area contributed by atoms with Crippen molar-refractivity contribution in [1.29, 1.82) is 0 Å². The van der Waals surface area contributed by atoms with Crippen molar-refractivity contribution in [2.75, 3.05) is 37.6 Å². The van der Waals surface area contributed by atoms with Gasteiger partial charge in [-0.1, -0.05) is 23.8 Å². The first-order valence-corrected chi connectivity index (χ1v) is 10.9. The van der Waals surface area contributed by atoms with Gasteiger partial charge in [0.05, 0.1) is 0 Å². The van der Waals surface area contributed by atoms with Crippen LogP contribution in [0.1, 0.15) is 6.42 Å². The van der Waals surface area contributed by atoms with Crippen LogP contribution in [0.5, 0.6) is 0 Å². The third kappa shape index (κ3) is 5.72. The summed E-state index contributed by atoms with van der Waals surface area (Å²) in [7, 11) is 0. The molecule has 1 saturated heterocycles. The highest BCUT2D eigenvalue weighted by Gasteiger charge is 2.21. The molecule has 2 heterocycles. The molecule has 5 nitrogen and oxygen atoms in total. The molecule has 2 aliphatic rings. The number of halogens is 2. The Labute approximate surface area is 179 Å². The van der Waals surface area contributed by atoms with Gasteiger partial charge in [0.2, 0.25) is 5.95 Å². The fourth-order valence-electron chi connectivity index (χ4n) is 3.44. The van der Waals surface area contributed by atoms with Gasteiger partial charge in [-0.15, -0.1) is 0 Å². The molecule has 2 aromatic rings. The summed E-state index contributed by atoms with van der Waals surface area (Å²) in [4.78, 5) is 14.3. The lowest BCUT2D eigenvalue weighted by molar-refractivity contribution is 0.233. The highest BCUT2D eigenvalue weighted by molar-refractivity contribution is 7.97. The van der Waals surface area contributed by atoms with Crippen molar-refractivity contribution >= 4 is 29.5 Å². The molecule has 0 radical (unpaired) electrons. The summed E-state index contributed by atoms with van der Waals surface area (Å²) in [6.45, 7) is 4.86. The molecule has 1 fully saturated rings. The first-order valence-electron chi connectivity index (χ1n) is 9.68. The van der Waals surface area contributed by atoms with Crippen molar-refractivity contribution in [3.05, 3.63) is 71.4 Å². The Bertz CT molecular complexity index is 881. The fourth-order valence-corrected chi connectivity index (χ4v) is 4.23. The normalized spacial score (nSPS) is 19.9. The Balaban J connectivity index is 1.20. The minimum absolute atomic E-state index is 0.213. The number of nitrogens with zero attached hydrogens (tertiary/aromatic N) is 4. The molecular formula is C21H23ClFN5S. The predicted octanol–water partition coefficient (Wildman–Crippen LogP) is 4.15. The molecule has 0 amide bonds. The number of aromatic nitrogens is 2. The van der Waals surface area contributed by atoms with Crippen molar-refractivity contribution in [3.8, 4) is 0 Å². The van der Waals surface area contributed by atoms with E-state index in [0.717, 1.165) is 49.7 Å². The number of allylic oxidation sites excluding steroid dienone is 2. The minimum atomic E-state index is -0.213. The maximum atomic E-state index is 13.0. The monoisotopic (exact) mass is 431 g/mol. The fraction of sp³-hybridized carbons (Fsp3) is 0.333. The van der Waals surface area contributed by atoms with Crippen LogP contribution < -0.4 is 9.62 Å². The van der Waals surface area contributed by atoms with Crippen molar-refractivity contribution in [2.24, 2.45) is 5.92 Å². The lowest BCUT2D eigenvalue weighted by Crippen LogP contribution is -2.48. The number of piperazine rings is 1. The van der Waals surface area contributed by atoms with E-state index in [1.807, 2.05) is 0 Å². The lowest BCUT2D eigenvalue weighted by atomic mass is 9.98. The molecule has 29 heavy (non-hydrogen) atoms. The van der Waals surface area contributed by atoms with Crippen LogP contribution in [0.25, 0.3) is 0 Å². The van der Waals surface area contributed by atoms with E-state index < -0.39 is 0 Å². The number of anilines is 1. The summed E-state index contributed by atoms with van der Waals surface area (Å²) in [5.74, 6) is 1.02. The molecule has 1 atom stereocenters. The van der Waals surface area contributed by atoms with Gasteiger partial charge in [-0.2, -0.15) is 0 Å². The second kappa shape index (κ2) is 9.61. The van der Waals surface area contributed by atoms with Crippen LogP contribution >= 0.6 is 23.5 Å². The summed E-state index contributed by atoms with van der Waals surface area (Å²) in [6, 6.07) is 8.20. The summed E-state index contributed by atoms with van der Waals surface area (Å²) in [5, 5.41) is 0.485. The Morgan fingerprint density at radius 1 is 1.14 bits per heavy atom. The molecule has 1 aromatic carbocycles. The number of hydrogen-bond acceptors (Lipinski definition) is 6. The van der Waals surface area contributed by atoms with Gasteiger partial charge >= 0.3 is 0 Å². The Morgan fingerprint density at radius 2 is 1.93 bits per heavy atom. The first kappa shape index (κ1) is 20.2. The average molecular weight is 432 g/mol. The van der Waals surface area contributed by atoms with Crippen molar-refractivity contribution in [2.45, 2.75) is 11.3 Å². The van der Waals surface area contributed by atoms with E-state index in [1.165, 1.54) is 24.1 Å². The molecule has 8 heteroatoms. The van der Waals surface area contributed by atoms with Gasteiger partial charge in [0.1, 0.15) is 11.0 Å². The number of benzene rings is 1. The molecule has 1 aliphatic heterocycles. The van der Waals surface area contributed by atoms with Gasteiger partial charge in [-0.25, -0.2) is 14.4 Å². The quantitative estimate of drug-likeness (QED) is 0.547. The topological polar surface area (TPSA) is 44.3 Å². The standard InChI is InChI=1S/C21H23ClFN5S/c22-20-9-10-24-21(25-20)28-13-11-27(12-14-28)15-16-1-5-18(6-2-16)26-29-19-7-3-17(23)4-8-19/h1,3-10,16,26H,2,11-15H2. The van der Waals surface area contributed by atoms with Crippen molar-refractivity contribution in [1.82, 2.24) is 19.6 Å². The Morgan fingerprint density at radius 3 is 2.62 bits per heavy atom. The van der Waals surface area contributed by atoms with Crippen molar-refractivity contribution < 1.29 is 4.39 Å². The van der Waals surface area contributed by atoms with E-state index in [4.69, 9.17) is 11.6 Å². The number of nitrogens with one attached hydrogen (secondary N) is 1. The molecule has 0 bridgehead atoms. The second-order valence-electron chi connectivity index (χ2n) is 7.14. The maximum absolute atomic E-state index is 13.0. The van der Waals surface area contributed by atoms with Gasteiger partial charge in [0.25, 0.3) is 0 Å². The number of rotatable bonds is 6. The van der Waals surface area contributed by atoms with Crippen LogP contribution in [0, 0.1) is 11.7 Å². The molecule has 0 spiro atoms.